The van der Waals surface area contributed by atoms with E-state index in [1.165, 1.54) is 0 Å². The van der Waals surface area contributed by atoms with E-state index >= 15 is 0 Å². The number of nitrogens with two attached hydrogens (primary N) is 1. The molecule has 2 aromatic rings. The summed E-state index contributed by atoms with van der Waals surface area (Å²) in [6.45, 7) is 4.29. The van der Waals surface area contributed by atoms with E-state index in [-0.39, 0.29) is 6.04 Å². The highest BCUT2D eigenvalue weighted by Gasteiger charge is 2.16. The molecule has 1 aromatic carbocycles. The summed E-state index contributed by atoms with van der Waals surface area (Å²) in [4.78, 5) is 0. The maximum absolute atomic E-state index is 6.24. The molecule has 2 rings (SSSR count). The molecule has 0 aliphatic carbocycles. The van der Waals surface area contributed by atoms with Crippen LogP contribution in [0, 0.1) is 0 Å². The minimum atomic E-state index is -0.102. The van der Waals surface area contributed by atoms with E-state index in [0.717, 1.165) is 17.7 Å². The minimum Gasteiger partial charge on any atom is -0.271 e. The van der Waals surface area contributed by atoms with E-state index in [0.29, 0.717) is 22.5 Å². The van der Waals surface area contributed by atoms with Crippen LogP contribution in [0.15, 0.2) is 30.5 Å². The van der Waals surface area contributed by atoms with Crippen molar-refractivity contribution in [2.45, 2.75) is 38.8 Å². The van der Waals surface area contributed by atoms with Crippen molar-refractivity contribution in [2.75, 3.05) is 0 Å². The van der Waals surface area contributed by atoms with Crippen molar-refractivity contribution in [3.8, 4) is 0 Å². The van der Waals surface area contributed by atoms with Gasteiger partial charge in [0.25, 0.3) is 0 Å². The first-order valence-corrected chi connectivity index (χ1v) is 7.75. The van der Waals surface area contributed by atoms with Crippen molar-refractivity contribution >= 4 is 23.2 Å². The number of rotatable bonds is 6. The summed E-state index contributed by atoms with van der Waals surface area (Å²) in [7, 11) is 0. The third kappa shape index (κ3) is 3.98. The molecule has 6 heteroatoms. The zero-order chi connectivity index (χ0) is 15.4. The maximum atomic E-state index is 6.24. The summed E-state index contributed by atoms with van der Waals surface area (Å²) in [5.74, 6) is 5.68. The molecule has 0 saturated carbocycles. The number of halogens is 2. The Balaban J connectivity index is 2.17. The van der Waals surface area contributed by atoms with Crippen LogP contribution in [0.5, 0.6) is 0 Å². The third-order valence-corrected chi connectivity index (χ3v) is 4.22. The lowest BCUT2D eigenvalue weighted by molar-refractivity contribution is 0.467. The van der Waals surface area contributed by atoms with Gasteiger partial charge in [0.2, 0.25) is 0 Å². The summed E-state index contributed by atoms with van der Waals surface area (Å²) in [5.41, 5.74) is 4.70. The summed E-state index contributed by atoms with van der Waals surface area (Å²) in [6, 6.07) is 7.73. The average molecular weight is 327 g/mol. The highest BCUT2D eigenvalue weighted by Crippen LogP contribution is 2.28. The van der Waals surface area contributed by atoms with E-state index in [2.05, 4.69) is 24.4 Å². The fraction of sp³-hybridized carbons (Fsp3) is 0.400. The number of nitrogens with zero attached hydrogens (tertiary/aromatic N) is 2. The molecule has 0 amide bonds. The van der Waals surface area contributed by atoms with Crippen molar-refractivity contribution in [1.29, 1.82) is 0 Å². The molecule has 114 valence electrons. The summed E-state index contributed by atoms with van der Waals surface area (Å²) in [5, 5.41) is 5.81. The van der Waals surface area contributed by atoms with Crippen LogP contribution in [0.3, 0.4) is 0 Å². The standard InChI is InChI=1S/C15H20Cl2N4/c1-3-10(2)21-7-6-12(20-21)9-15(19-18)13-5-4-11(16)8-14(13)17/h4-8,10,15,19H,3,9,18H2,1-2H3. The zero-order valence-corrected chi connectivity index (χ0v) is 13.7. The number of hydrogen-bond acceptors (Lipinski definition) is 3. The Kier molecular flexibility index (Phi) is 5.65. The van der Waals surface area contributed by atoms with E-state index in [1.807, 2.05) is 29.1 Å². The van der Waals surface area contributed by atoms with Crippen molar-refractivity contribution < 1.29 is 0 Å². The molecule has 1 heterocycles. The summed E-state index contributed by atoms with van der Waals surface area (Å²) >= 11 is 12.2. The Morgan fingerprint density at radius 1 is 1.33 bits per heavy atom. The largest absolute Gasteiger partial charge is 0.271 e. The van der Waals surface area contributed by atoms with Crippen molar-refractivity contribution in [3.05, 3.63) is 51.8 Å². The normalized spacial score (nSPS) is 14.1. The lowest BCUT2D eigenvalue weighted by atomic mass is 10.0. The molecule has 0 fully saturated rings. The molecular formula is C15H20Cl2N4. The van der Waals surface area contributed by atoms with Crippen LogP contribution in [0.2, 0.25) is 10.0 Å². The van der Waals surface area contributed by atoms with E-state index < -0.39 is 0 Å². The van der Waals surface area contributed by atoms with E-state index in [9.17, 15) is 0 Å². The molecule has 3 N–H and O–H groups in total. The van der Waals surface area contributed by atoms with Gasteiger partial charge in [-0.05, 0) is 37.1 Å². The highest BCUT2D eigenvalue weighted by molar-refractivity contribution is 6.35. The Labute approximate surface area is 135 Å². The number of hydrogen-bond donors (Lipinski definition) is 2. The second-order valence-corrected chi connectivity index (χ2v) is 5.98. The van der Waals surface area contributed by atoms with Gasteiger partial charge in [0.1, 0.15) is 0 Å². The molecule has 4 nitrogen and oxygen atoms in total. The van der Waals surface area contributed by atoms with Crippen molar-refractivity contribution in [1.82, 2.24) is 15.2 Å². The monoisotopic (exact) mass is 326 g/mol. The fourth-order valence-electron chi connectivity index (χ4n) is 2.17. The number of hydrazine groups is 1. The summed E-state index contributed by atoms with van der Waals surface area (Å²) in [6.07, 6.45) is 3.71. The predicted octanol–water partition coefficient (Wildman–Crippen LogP) is 3.91. The maximum Gasteiger partial charge on any atom is 0.0644 e. The number of aromatic nitrogens is 2. The van der Waals surface area contributed by atoms with Crippen molar-refractivity contribution in [2.24, 2.45) is 5.84 Å². The van der Waals surface area contributed by atoms with Crippen molar-refractivity contribution in [3.63, 3.8) is 0 Å². The van der Waals surface area contributed by atoms with Gasteiger partial charge in [0.05, 0.1) is 11.7 Å². The lowest BCUT2D eigenvalue weighted by Gasteiger charge is -2.17. The smallest absolute Gasteiger partial charge is 0.0644 e. The highest BCUT2D eigenvalue weighted by atomic mass is 35.5. The van der Waals surface area contributed by atoms with Gasteiger partial charge in [-0.3, -0.25) is 16.0 Å². The topological polar surface area (TPSA) is 55.9 Å². The van der Waals surface area contributed by atoms with Gasteiger partial charge in [-0.1, -0.05) is 36.2 Å². The first-order valence-electron chi connectivity index (χ1n) is 7.00. The molecule has 0 aliphatic rings. The lowest BCUT2D eigenvalue weighted by Crippen LogP contribution is -2.30. The predicted molar refractivity (Wildman–Crippen MR) is 87.5 cm³/mol. The fourth-order valence-corrected chi connectivity index (χ4v) is 2.71. The second kappa shape index (κ2) is 7.27. The Morgan fingerprint density at radius 3 is 2.71 bits per heavy atom. The first kappa shape index (κ1) is 16.3. The molecule has 1 aromatic heterocycles. The molecule has 21 heavy (non-hydrogen) atoms. The molecule has 0 bridgehead atoms. The SMILES string of the molecule is CCC(C)n1ccc(CC(NN)c2ccc(Cl)cc2Cl)n1. The summed E-state index contributed by atoms with van der Waals surface area (Å²) < 4.78 is 1.98. The van der Waals surface area contributed by atoms with E-state index in [4.69, 9.17) is 29.0 Å². The van der Waals surface area contributed by atoms with Gasteiger partial charge < -0.3 is 0 Å². The van der Waals surface area contributed by atoms with Crippen LogP contribution in [0.25, 0.3) is 0 Å². The van der Waals surface area contributed by atoms with Gasteiger partial charge in [0.15, 0.2) is 0 Å². The van der Waals surface area contributed by atoms with Crippen LogP contribution in [-0.4, -0.2) is 9.78 Å². The van der Waals surface area contributed by atoms with Gasteiger partial charge in [-0.25, -0.2) is 0 Å². The van der Waals surface area contributed by atoms with Gasteiger partial charge in [0, 0.05) is 28.7 Å². The average Bonchev–Trinajstić information content (AvgIpc) is 2.93. The van der Waals surface area contributed by atoms with E-state index in [1.54, 1.807) is 6.07 Å². The molecular weight excluding hydrogens is 307 g/mol. The quantitative estimate of drug-likeness (QED) is 0.625. The molecule has 0 spiro atoms. The minimum absolute atomic E-state index is 0.102. The van der Waals surface area contributed by atoms with Crippen LogP contribution in [0.4, 0.5) is 0 Å². The molecule has 0 aliphatic heterocycles. The van der Waals surface area contributed by atoms with Gasteiger partial charge in [-0.2, -0.15) is 5.10 Å². The molecule has 0 saturated heterocycles. The van der Waals surface area contributed by atoms with Crippen LogP contribution in [-0.2, 0) is 6.42 Å². The first-order chi connectivity index (χ1) is 10.0. The second-order valence-electron chi connectivity index (χ2n) is 5.13. The van der Waals surface area contributed by atoms with Crippen LogP contribution >= 0.6 is 23.2 Å². The van der Waals surface area contributed by atoms with Crippen LogP contribution < -0.4 is 11.3 Å². The number of benzene rings is 1. The van der Waals surface area contributed by atoms with Crippen LogP contribution in [0.1, 0.15) is 43.6 Å². The molecule has 2 atom stereocenters. The Morgan fingerprint density at radius 2 is 2.10 bits per heavy atom. The zero-order valence-electron chi connectivity index (χ0n) is 12.2. The molecule has 2 unspecified atom stereocenters. The molecule has 0 radical (unpaired) electrons. The Hall–Kier alpha value is -1.07. The third-order valence-electron chi connectivity index (χ3n) is 3.66. The van der Waals surface area contributed by atoms with Gasteiger partial charge >= 0.3 is 0 Å². The number of nitrogens with one attached hydrogen (secondary N) is 1. The Bertz CT molecular complexity index is 597. The van der Waals surface area contributed by atoms with Gasteiger partial charge in [-0.15, -0.1) is 0 Å².